The maximum Gasteiger partial charge on any atom is 0.228 e. The Morgan fingerprint density at radius 3 is 2.53 bits per heavy atom. The summed E-state index contributed by atoms with van der Waals surface area (Å²) in [5, 5.41) is 27.0. The van der Waals surface area contributed by atoms with E-state index in [4.69, 9.17) is 4.98 Å². The van der Waals surface area contributed by atoms with Crippen LogP contribution in [0.3, 0.4) is 0 Å². The number of amides is 1. The number of tetrazole rings is 1. The van der Waals surface area contributed by atoms with Gasteiger partial charge < -0.3 is 15.3 Å². The zero-order valence-corrected chi connectivity index (χ0v) is 20.2. The number of aliphatic hydroxyl groups excluding tert-OH is 1. The quantitative estimate of drug-likeness (QED) is 0.367. The van der Waals surface area contributed by atoms with E-state index >= 15 is 0 Å². The molecule has 0 bridgehead atoms. The lowest BCUT2D eigenvalue weighted by Gasteiger charge is -2.32. The van der Waals surface area contributed by atoms with Crippen molar-refractivity contribution in [2.75, 3.05) is 29.9 Å². The number of aromatic nitrogens is 5. The molecule has 0 atom stereocenters. The van der Waals surface area contributed by atoms with E-state index in [0.717, 1.165) is 59.7 Å². The summed E-state index contributed by atoms with van der Waals surface area (Å²) in [6, 6.07) is 19.6. The second-order valence-electron chi connectivity index (χ2n) is 9.22. The molecule has 3 heterocycles. The molecule has 9 heteroatoms. The first-order valence-corrected chi connectivity index (χ1v) is 12.2. The molecule has 1 aliphatic rings. The maximum atomic E-state index is 12.9. The van der Waals surface area contributed by atoms with Crippen LogP contribution in [0.2, 0.25) is 0 Å². The van der Waals surface area contributed by atoms with Gasteiger partial charge in [-0.2, -0.15) is 0 Å². The zero-order valence-electron chi connectivity index (χ0n) is 20.2. The lowest BCUT2D eigenvalue weighted by Crippen LogP contribution is -2.35. The summed E-state index contributed by atoms with van der Waals surface area (Å²) < 4.78 is 0. The average Bonchev–Trinajstić information content (AvgIpc) is 3.45. The summed E-state index contributed by atoms with van der Waals surface area (Å²) in [4.78, 5) is 20.1. The van der Waals surface area contributed by atoms with Crippen LogP contribution in [0.25, 0.3) is 22.6 Å². The minimum Gasteiger partial charge on any atom is -0.396 e. The van der Waals surface area contributed by atoms with Crippen LogP contribution >= 0.6 is 0 Å². The number of aryl methyl sites for hydroxylation is 1. The van der Waals surface area contributed by atoms with Gasteiger partial charge in [-0.3, -0.25) is 4.79 Å². The Kier molecular flexibility index (Phi) is 6.99. The molecule has 5 rings (SSSR count). The molecule has 2 aromatic heterocycles. The predicted octanol–water partition coefficient (Wildman–Crippen LogP) is 3.63. The Morgan fingerprint density at radius 1 is 1.08 bits per heavy atom. The fourth-order valence-corrected chi connectivity index (χ4v) is 4.52. The first-order chi connectivity index (χ1) is 17.6. The van der Waals surface area contributed by atoms with Gasteiger partial charge in [-0.05, 0) is 47.7 Å². The van der Waals surface area contributed by atoms with Crippen molar-refractivity contribution >= 4 is 17.4 Å². The van der Waals surface area contributed by atoms with Crippen molar-refractivity contribution in [1.82, 2.24) is 25.6 Å². The van der Waals surface area contributed by atoms with Gasteiger partial charge in [0.15, 0.2) is 5.82 Å². The number of aromatic amines is 1. The average molecular weight is 484 g/mol. The summed E-state index contributed by atoms with van der Waals surface area (Å²) in [6.07, 6.45) is 2.09. The molecule has 36 heavy (non-hydrogen) atoms. The smallest absolute Gasteiger partial charge is 0.228 e. The molecule has 4 aromatic rings. The first kappa shape index (κ1) is 23.6. The highest BCUT2D eigenvalue weighted by Gasteiger charge is 2.22. The van der Waals surface area contributed by atoms with Crippen molar-refractivity contribution in [1.29, 1.82) is 0 Å². The Labute approximate surface area is 209 Å². The third-order valence-electron chi connectivity index (χ3n) is 6.58. The number of benzene rings is 2. The van der Waals surface area contributed by atoms with E-state index in [0.29, 0.717) is 17.4 Å². The number of carbonyl (C=O) groups excluding carboxylic acids is 1. The minimum atomic E-state index is -0.0892. The molecule has 0 unspecified atom stereocenters. The van der Waals surface area contributed by atoms with Crippen LogP contribution in [-0.2, 0) is 11.2 Å². The van der Waals surface area contributed by atoms with E-state index < -0.39 is 0 Å². The molecule has 9 nitrogen and oxygen atoms in total. The highest BCUT2D eigenvalue weighted by atomic mass is 16.3. The Morgan fingerprint density at radius 2 is 1.83 bits per heavy atom. The monoisotopic (exact) mass is 483 g/mol. The molecule has 2 aromatic carbocycles. The van der Waals surface area contributed by atoms with Gasteiger partial charge in [-0.25, -0.2) is 10.1 Å². The molecule has 1 aliphatic heterocycles. The maximum absolute atomic E-state index is 12.9. The number of hydrogen-bond donors (Lipinski definition) is 3. The molecule has 0 aliphatic carbocycles. The van der Waals surface area contributed by atoms with Crippen LogP contribution in [0.15, 0.2) is 60.7 Å². The van der Waals surface area contributed by atoms with Gasteiger partial charge in [-0.1, -0.05) is 54.1 Å². The van der Waals surface area contributed by atoms with E-state index in [2.05, 4.69) is 30.8 Å². The van der Waals surface area contributed by atoms with Gasteiger partial charge in [0, 0.05) is 42.6 Å². The zero-order chi connectivity index (χ0) is 24.9. The molecular formula is C27H29N7O2. The third-order valence-corrected chi connectivity index (χ3v) is 6.58. The topological polar surface area (TPSA) is 120 Å². The highest BCUT2D eigenvalue weighted by molar-refractivity contribution is 5.93. The van der Waals surface area contributed by atoms with Crippen molar-refractivity contribution in [2.45, 2.75) is 26.2 Å². The van der Waals surface area contributed by atoms with Crippen molar-refractivity contribution < 1.29 is 9.90 Å². The highest BCUT2D eigenvalue weighted by Crippen LogP contribution is 2.33. The Bertz CT molecular complexity index is 1310. The fraction of sp³-hybridized carbons (Fsp3) is 0.296. The predicted molar refractivity (Wildman–Crippen MR) is 138 cm³/mol. The lowest BCUT2D eigenvalue weighted by molar-refractivity contribution is -0.115. The van der Waals surface area contributed by atoms with E-state index in [-0.39, 0.29) is 18.9 Å². The second kappa shape index (κ2) is 10.7. The van der Waals surface area contributed by atoms with Gasteiger partial charge in [-0.15, -0.1) is 5.10 Å². The number of nitrogens with one attached hydrogen (secondary N) is 2. The number of pyridine rings is 1. The van der Waals surface area contributed by atoms with Gasteiger partial charge in [0.1, 0.15) is 5.82 Å². The van der Waals surface area contributed by atoms with Gasteiger partial charge in [0.2, 0.25) is 5.91 Å². The van der Waals surface area contributed by atoms with Crippen LogP contribution in [-0.4, -0.2) is 56.3 Å². The van der Waals surface area contributed by atoms with Crippen molar-refractivity contribution in [3.8, 4) is 22.6 Å². The van der Waals surface area contributed by atoms with E-state index in [1.54, 1.807) is 0 Å². The molecule has 1 amide bonds. The SMILES string of the molecule is Cc1ccc(CC(=O)Nc2cc(-c3ccccc3-c3nnn[nH]3)nc(N3CCC(CO)CC3)c2)cc1. The van der Waals surface area contributed by atoms with Crippen LogP contribution in [0.1, 0.15) is 24.0 Å². The molecule has 0 radical (unpaired) electrons. The summed E-state index contributed by atoms with van der Waals surface area (Å²) in [6.45, 7) is 3.83. The number of piperidine rings is 1. The Hall–Kier alpha value is -4.11. The summed E-state index contributed by atoms with van der Waals surface area (Å²) in [5.74, 6) is 1.57. The molecule has 1 fully saturated rings. The van der Waals surface area contributed by atoms with E-state index in [9.17, 15) is 9.90 Å². The van der Waals surface area contributed by atoms with Crippen LogP contribution in [0, 0.1) is 12.8 Å². The van der Waals surface area contributed by atoms with E-state index in [1.165, 1.54) is 0 Å². The number of H-pyrrole nitrogens is 1. The molecule has 1 saturated heterocycles. The molecule has 184 valence electrons. The number of aliphatic hydroxyl groups is 1. The lowest BCUT2D eigenvalue weighted by atomic mass is 9.98. The summed E-state index contributed by atoms with van der Waals surface area (Å²) >= 11 is 0. The first-order valence-electron chi connectivity index (χ1n) is 12.2. The second-order valence-corrected chi connectivity index (χ2v) is 9.22. The number of carbonyl (C=O) groups is 1. The van der Waals surface area contributed by atoms with Crippen molar-refractivity contribution in [3.63, 3.8) is 0 Å². The normalized spacial score (nSPS) is 14.1. The van der Waals surface area contributed by atoms with E-state index in [1.807, 2.05) is 67.6 Å². The third kappa shape index (κ3) is 5.41. The van der Waals surface area contributed by atoms with Crippen LogP contribution in [0.4, 0.5) is 11.5 Å². The van der Waals surface area contributed by atoms with Crippen LogP contribution < -0.4 is 10.2 Å². The van der Waals surface area contributed by atoms with Crippen LogP contribution in [0.5, 0.6) is 0 Å². The van der Waals surface area contributed by atoms with Gasteiger partial charge in [0.05, 0.1) is 12.1 Å². The number of nitrogens with zero attached hydrogens (tertiary/aromatic N) is 5. The largest absolute Gasteiger partial charge is 0.396 e. The minimum absolute atomic E-state index is 0.0892. The number of anilines is 2. The Balaban J connectivity index is 1.48. The summed E-state index contributed by atoms with van der Waals surface area (Å²) in [5.41, 5.74) is 5.20. The molecule has 0 spiro atoms. The van der Waals surface area contributed by atoms with Gasteiger partial charge >= 0.3 is 0 Å². The molecule has 3 N–H and O–H groups in total. The fourth-order valence-electron chi connectivity index (χ4n) is 4.52. The molecular weight excluding hydrogens is 454 g/mol. The summed E-state index contributed by atoms with van der Waals surface area (Å²) in [7, 11) is 0. The number of rotatable bonds is 7. The van der Waals surface area contributed by atoms with Gasteiger partial charge in [0.25, 0.3) is 0 Å². The van der Waals surface area contributed by atoms with Crippen molar-refractivity contribution in [2.24, 2.45) is 5.92 Å². The molecule has 0 saturated carbocycles. The standard InChI is InChI=1S/C27H29N7O2/c1-18-6-8-19(9-7-18)14-26(36)28-21-15-24(22-4-2-3-5-23(22)27-30-32-33-31-27)29-25(16-21)34-12-10-20(17-35)11-13-34/h2-9,15-16,20,35H,10-14,17H2,1H3,(H,28,29,36)(H,30,31,32,33). The van der Waals surface area contributed by atoms with Crippen molar-refractivity contribution in [3.05, 3.63) is 71.8 Å². The number of hydrogen-bond acceptors (Lipinski definition) is 7.